The fourth-order valence-corrected chi connectivity index (χ4v) is 2.26. The molecule has 1 heterocycles. The molecule has 0 fully saturated rings. The van der Waals surface area contributed by atoms with Gasteiger partial charge in [-0.25, -0.2) is 9.48 Å². The lowest BCUT2D eigenvalue weighted by atomic mass is 10.2. The Bertz CT molecular complexity index is 770. The highest BCUT2D eigenvalue weighted by Crippen LogP contribution is 2.20. The lowest BCUT2D eigenvalue weighted by Crippen LogP contribution is -2.22. The molecule has 0 radical (unpaired) electrons. The van der Waals surface area contributed by atoms with Crippen molar-refractivity contribution in [1.82, 2.24) is 15.1 Å². The average molecular weight is 344 g/mol. The van der Waals surface area contributed by atoms with E-state index in [1.54, 1.807) is 24.3 Å². The van der Waals surface area contributed by atoms with E-state index in [2.05, 4.69) is 15.7 Å². The third kappa shape index (κ3) is 5.17. The third-order valence-corrected chi connectivity index (χ3v) is 3.41. The van der Waals surface area contributed by atoms with Crippen molar-refractivity contribution in [3.05, 3.63) is 42.2 Å². The average Bonchev–Trinajstić information content (AvgIpc) is 3.05. The van der Waals surface area contributed by atoms with Crippen LogP contribution in [-0.2, 0) is 9.59 Å². The first-order valence-corrected chi connectivity index (χ1v) is 7.96. The second-order valence-electron chi connectivity index (χ2n) is 5.32. The molecule has 0 spiro atoms. The molecule has 2 amide bonds. The second-order valence-corrected chi connectivity index (χ2v) is 5.32. The van der Waals surface area contributed by atoms with E-state index in [-0.39, 0.29) is 23.9 Å². The van der Waals surface area contributed by atoms with Crippen LogP contribution in [-0.4, -0.2) is 39.2 Å². The van der Waals surface area contributed by atoms with E-state index in [9.17, 15) is 14.4 Å². The maximum atomic E-state index is 12.1. The number of hydrogen-bond acceptors (Lipinski definition) is 4. The Morgan fingerprint density at radius 3 is 2.52 bits per heavy atom. The van der Waals surface area contributed by atoms with Gasteiger partial charge in [0.25, 0.3) is 0 Å². The summed E-state index contributed by atoms with van der Waals surface area (Å²) < 4.78 is 1.40. The summed E-state index contributed by atoms with van der Waals surface area (Å²) in [5, 5.41) is 18.4. The lowest BCUT2D eigenvalue weighted by molar-refractivity contribution is -0.121. The highest BCUT2D eigenvalue weighted by molar-refractivity contribution is 5.93. The molecule has 2 aromatic rings. The van der Waals surface area contributed by atoms with E-state index < -0.39 is 5.97 Å². The number of benzene rings is 1. The van der Waals surface area contributed by atoms with E-state index in [4.69, 9.17) is 5.11 Å². The fourth-order valence-electron chi connectivity index (χ4n) is 2.26. The van der Waals surface area contributed by atoms with E-state index in [0.29, 0.717) is 30.8 Å². The Kier molecular flexibility index (Phi) is 6.27. The highest BCUT2D eigenvalue weighted by atomic mass is 16.4. The number of carboxylic acids is 1. The first kappa shape index (κ1) is 18.2. The van der Waals surface area contributed by atoms with Gasteiger partial charge in [-0.2, -0.15) is 5.10 Å². The molecule has 8 nitrogen and oxygen atoms in total. The number of carboxylic acid groups (broad SMARTS) is 1. The molecule has 1 aromatic carbocycles. The number of carbonyl (C=O) groups excluding carboxylic acids is 2. The van der Waals surface area contributed by atoms with Gasteiger partial charge in [-0.15, -0.1) is 0 Å². The standard InChI is InChI=1S/C17H20N4O4/c1-2-18-15(22)8-5-9-16(23)19-12-6-3-4-7-14(12)21-11-10-13(20-21)17(24)25/h3-4,6-7,10-11H,2,5,8-9H2,1H3,(H,18,22)(H,19,23)(H,24,25). The van der Waals surface area contributed by atoms with Crippen LogP contribution in [0, 0.1) is 0 Å². The maximum Gasteiger partial charge on any atom is 0.356 e. The summed E-state index contributed by atoms with van der Waals surface area (Å²) in [5.74, 6) is -1.42. The number of para-hydroxylation sites is 2. The van der Waals surface area contributed by atoms with Crippen LogP contribution in [0.4, 0.5) is 5.69 Å². The third-order valence-electron chi connectivity index (χ3n) is 3.41. The molecule has 0 aliphatic heterocycles. The van der Waals surface area contributed by atoms with Crippen LogP contribution in [0.25, 0.3) is 5.69 Å². The zero-order valence-corrected chi connectivity index (χ0v) is 13.9. The first-order chi connectivity index (χ1) is 12.0. The van der Waals surface area contributed by atoms with Gasteiger partial charge in [-0.1, -0.05) is 12.1 Å². The normalized spacial score (nSPS) is 10.3. The van der Waals surface area contributed by atoms with E-state index >= 15 is 0 Å². The van der Waals surface area contributed by atoms with Gasteiger partial charge >= 0.3 is 5.97 Å². The van der Waals surface area contributed by atoms with E-state index in [1.807, 2.05) is 6.92 Å². The predicted molar refractivity (Wildman–Crippen MR) is 91.7 cm³/mol. The molecule has 0 bridgehead atoms. The van der Waals surface area contributed by atoms with Gasteiger partial charge < -0.3 is 15.7 Å². The number of nitrogens with one attached hydrogen (secondary N) is 2. The van der Waals surface area contributed by atoms with Crippen molar-refractivity contribution in [3.63, 3.8) is 0 Å². The van der Waals surface area contributed by atoms with Gasteiger partial charge in [0.05, 0.1) is 11.4 Å². The second kappa shape index (κ2) is 8.62. The number of anilines is 1. The largest absolute Gasteiger partial charge is 0.476 e. The molecule has 8 heteroatoms. The van der Waals surface area contributed by atoms with Crippen molar-refractivity contribution in [2.45, 2.75) is 26.2 Å². The molecule has 132 valence electrons. The van der Waals surface area contributed by atoms with Gasteiger partial charge in [0, 0.05) is 25.6 Å². The molecule has 0 aliphatic rings. The van der Waals surface area contributed by atoms with Crippen LogP contribution in [0.3, 0.4) is 0 Å². The summed E-state index contributed by atoms with van der Waals surface area (Å²) >= 11 is 0. The van der Waals surface area contributed by atoms with Crippen molar-refractivity contribution in [2.24, 2.45) is 0 Å². The summed E-state index contributed by atoms with van der Waals surface area (Å²) in [5.41, 5.74) is 1.00. The number of aromatic carboxylic acids is 1. The van der Waals surface area contributed by atoms with Crippen molar-refractivity contribution in [3.8, 4) is 5.69 Å². The Morgan fingerprint density at radius 1 is 1.12 bits per heavy atom. The van der Waals surface area contributed by atoms with Crippen molar-refractivity contribution in [1.29, 1.82) is 0 Å². The molecular weight excluding hydrogens is 324 g/mol. The van der Waals surface area contributed by atoms with Gasteiger partial charge in [0.2, 0.25) is 11.8 Å². The van der Waals surface area contributed by atoms with Gasteiger partial charge in [-0.3, -0.25) is 9.59 Å². The first-order valence-electron chi connectivity index (χ1n) is 7.96. The minimum atomic E-state index is -1.12. The van der Waals surface area contributed by atoms with E-state index in [1.165, 1.54) is 16.9 Å². The monoisotopic (exact) mass is 344 g/mol. The lowest BCUT2D eigenvalue weighted by Gasteiger charge is -2.11. The Balaban J connectivity index is 2.01. The number of rotatable bonds is 8. The summed E-state index contributed by atoms with van der Waals surface area (Å²) in [7, 11) is 0. The number of carbonyl (C=O) groups is 3. The van der Waals surface area contributed by atoms with E-state index in [0.717, 1.165) is 0 Å². The zero-order chi connectivity index (χ0) is 18.2. The molecule has 0 saturated heterocycles. The Hall–Kier alpha value is -3.16. The molecular formula is C17H20N4O4. The number of hydrogen-bond donors (Lipinski definition) is 3. The van der Waals surface area contributed by atoms with Crippen LogP contribution in [0.2, 0.25) is 0 Å². The number of nitrogens with zero attached hydrogens (tertiary/aromatic N) is 2. The summed E-state index contributed by atoms with van der Waals surface area (Å²) in [6, 6.07) is 8.34. The minimum Gasteiger partial charge on any atom is -0.476 e. The van der Waals surface area contributed by atoms with Crippen LogP contribution in [0.5, 0.6) is 0 Å². The number of amides is 2. The molecule has 0 aliphatic carbocycles. The Morgan fingerprint density at radius 2 is 1.84 bits per heavy atom. The molecule has 25 heavy (non-hydrogen) atoms. The minimum absolute atomic E-state index is 0.0755. The molecule has 0 atom stereocenters. The van der Waals surface area contributed by atoms with Crippen LogP contribution in [0.1, 0.15) is 36.7 Å². The molecule has 2 rings (SSSR count). The molecule has 0 unspecified atom stereocenters. The summed E-state index contributed by atoms with van der Waals surface area (Å²) in [6.07, 6.45) is 2.48. The van der Waals surface area contributed by atoms with Gasteiger partial charge in [0.15, 0.2) is 5.69 Å². The molecule has 3 N–H and O–H groups in total. The predicted octanol–water partition coefficient (Wildman–Crippen LogP) is 1.82. The summed E-state index contributed by atoms with van der Waals surface area (Å²) in [6.45, 7) is 2.41. The molecule has 0 saturated carbocycles. The van der Waals surface area contributed by atoms with Crippen LogP contribution < -0.4 is 10.6 Å². The van der Waals surface area contributed by atoms with Gasteiger partial charge in [0.1, 0.15) is 0 Å². The zero-order valence-electron chi connectivity index (χ0n) is 13.9. The molecule has 1 aromatic heterocycles. The highest BCUT2D eigenvalue weighted by Gasteiger charge is 2.12. The number of aromatic nitrogens is 2. The Labute approximate surface area is 144 Å². The fraction of sp³-hybridized carbons (Fsp3) is 0.294. The van der Waals surface area contributed by atoms with Crippen LogP contribution >= 0.6 is 0 Å². The van der Waals surface area contributed by atoms with Crippen molar-refractivity contribution in [2.75, 3.05) is 11.9 Å². The van der Waals surface area contributed by atoms with Crippen molar-refractivity contribution >= 4 is 23.5 Å². The summed E-state index contributed by atoms with van der Waals surface area (Å²) in [4.78, 5) is 34.4. The topological polar surface area (TPSA) is 113 Å². The van der Waals surface area contributed by atoms with Crippen molar-refractivity contribution < 1.29 is 19.5 Å². The SMILES string of the molecule is CCNC(=O)CCCC(=O)Nc1ccccc1-n1ccc(C(=O)O)n1. The van der Waals surface area contributed by atoms with Gasteiger partial charge in [-0.05, 0) is 31.5 Å². The quantitative estimate of drug-likeness (QED) is 0.676. The maximum absolute atomic E-state index is 12.1. The smallest absolute Gasteiger partial charge is 0.356 e. The van der Waals surface area contributed by atoms with Crippen LogP contribution in [0.15, 0.2) is 36.5 Å².